The monoisotopic (exact) mass is 411 g/mol. The second kappa shape index (κ2) is 11.2. The van der Waals surface area contributed by atoms with Crippen LogP contribution in [0.3, 0.4) is 0 Å². The Hall–Kier alpha value is -3.06. The minimum atomic E-state index is -0.186. The first-order valence-corrected chi connectivity index (χ1v) is 10.4. The summed E-state index contributed by atoms with van der Waals surface area (Å²) in [6, 6.07) is 14.6. The smallest absolute Gasteiger partial charge is 0.254 e. The number of rotatable bonds is 9. The molecule has 1 saturated heterocycles. The highest BCUT2D eigenvalue weighted by Gasteiger charge is 2.18. The molecule has 2 aromatic carbocycles. The Morgan fingerprint density at radius 3 is 2.57 bits per heavy atom. The van der Waals surface area contributed by atoms with E-state index in [1.54, 1.807) is 29.2 Å². The third-order valence-corrected chi connectivity index (χ3v) is 4.77. The van der Waals surface area contributed by atoms with E-state index in [-0.39, 0.29) is 18.4 Å². The molecule has 2 amide bonds. The molecule has 0 aliphatic carbocycles. The van der Waals surface area contributed by atoms with Gasteiger partial charge in [0.25, 0.3) is 5.91 Å². The first kappa shape index (κ1) is 21.6. The molecule has 0 unspecified atom stereocenters. The van der Waals surface area contributed by atoms with E-state index in [4.69, 9.17) is 9.47 Å². The molecule has 3 rings (SSSR count). The predicted molar refractivity (Wildman–Crippen MR) is 117 cm³/mol. The van der Waals surface area contributed by atoms with Gasteiger partial charge in [-0.1, -0.05) is 19.4 Å². The topological polar surface area (TPSA) is 79.9 Å². The second-order valence-electron chi connectivity index (χ2n) is 7.11. The second-order valence-corrected chi connectivity index (χ2v) is 7.11. The maximum atomic E-state index is 12.6. The molecule has 30 heavy (non-hydrogen) atoms. The molecule has 7 heteroatoms. The normalized spacial score (nSPS) is 13.6. The van der Waals surface area contributed by atoms with Crippen molar-refractivity contribution in [1.29, 1.82) is 0 Å². The summed E-state index contributed by atoms with van der Waals surface area (Å²) < 4.78 is 10.9. The molecule has 2 aromatic rings. The average Bonchev–Trinajstić information content (AvgIpc) is 2.79. The van der Waals surface area contributed by atoms with Crippen LogP contribution in [0.1, 0.15) is 30.1 Å². The number of hydrogen-bond donors (Lipinski definition) is 2. The van der Waals surface area contributed by atoms with E-state index in [2.05, 4.69) is 17.6 Å². The van der Waals surface area contributed by atoms with Crippen LogP contribution in [0.2, 0.25) is 0 Å². The molecular weight excluding hydrogens is 382 g/mol. The molecule has 0 saturated carbocycles. The van der Waals surface area contributed by atoms with Crippen molar-refractivity contribution in [3.63, 3.8) is 0 Å². The zero-order valence-corrected chi connectivity index (χ0v) is 17.4. The van der Waals surface area contributed by atoms with Gasteiger partial charge in [0.15, 0.2) is 0 Å². The number of carbonyl (C=O) groups excluding carboxylic acids is 2. The van der Waals surface area contributed by atoms with Crippen molar-refractivity contribution in [2.24, 2.45) is 0 Å². The van der Waals surface area contributed by atoms with Crippen LogP contribution in [0.15, 0.2) is 48.5 Å². The maximum absolute atomic E-state index is 12.6. The lowest BCUT2D eigenvalue weighted by Gasteiger charge is -2.27. The Morgan fingerprint density at radius 1 is 1.07 bits per heavy atom. The number of morpholine rings is 1. The highest BCUT2D eigenvalue weighted by Crippen LogP contribution is 2.17. The molecule has 0 spiro atoms. The first-order chi connectivity index (χ1) is 14.7. The number of benzene rings is 2. The van der Waals surface area contributed by atoms with Gasteiger partial charge < -0.3 is 25.0 Å². The van der Waals surface area contributed by atoms with E-state index in [1.807, 2.05) is 24.3 Å². The Bertz CT molecular complexity index is 833. The summed E-state index contributed by atoms with van der Waals surface area (Å²) in [5.74, 6) is 0.586. The third kappa shape index (κ3) is 6.49. The number of amides is 2. The molecule has 0 bridgehead atoms. The van der Waals surface area contributed by atoms with Gasteiger partial charge in [0.2, 0.25) is 5.91 Å². The number of anilines is 2. The van der Waals surface area contributed by atoms with Gasteiger partial charge in [0.05, 0.1) is 26.4 Å². The Balaban J connectivity index is 1.48. The SMILES string of the molecule is CCCCOc1ccc(NCC(=O)Nc2cccc(C(=O)N3CCOCC3)c2)cc1. The van der Waals surface area contributed by atoms with Crippen LogP contribution in [0.5, 0.6) is 5.75 Å². The minimum Gasteiger partial charge on any atom is -0.494 e. The van der Waals surface area contributed by atoms with Gasteiger partial charge in [0.1, 0.15) is 5.75 Å². The zero-order valence-electron chi connectivity index (χ0n) is 17.4. The fourth-order valence-corrected chi connectivity index (χ4v) is 3.07. The van der Waals surface area contributed by atoms with E-state index >= 15 is 0 Å². The summed E-state index contributed by atoms with van der Waals surface area (Å²) in [5, 5.41) is 5.93. The predicted octanol–water partition coefficient (Wildman–Crippen LogP) is 3.39. The van der Waals surface area contributed by atoms with Gasteiger partial charge in [-0.2, -0.15) is 0 Å². The van der Waals surface area contributed by atoms with Crippen molar-refractivity contribution < 1.29 is 19.1 Å². The van der Waals surface area contributed by atoms with Crippen LogP contribution in [0.4, 0.5) is 11.4 Å². The van der Waals surface area contributed by atoms with Crippen LogP contribution in [0, 0.1) is 0 Å². The summed E-state index contributed by atoms with van der Waals surface area (Å²) in [6.07, 6.45) is 2.12. The van der Waals surface area contributed by atoms with Gasteiger partial charge in [-0.3, -0.25) is 9.59 Å². The van der Waals surface area contributed by atoms with Crippen molar-refractivity contribution in [2.75, 3.05) is 50.1 Å². The van der Waals surface area contributed by atoms with Gasteiger partial charge in [-0.05, 0) is 48.9 Å². The molecule has 2 N–H and O–H groups in total. The molecule has 7 nitrogen and oxygen atoms in total. The molecule has 1 heterocycles. The molecule has 1 aliphatic rings. The molecule has 1 fully saturated rings. The Labute approximate surface area is 177 Å². The van der Waals surface area contributed by atoms with E-state index in [1.165, 1.54) is 0 Å². The quantitative estimate of drug-likeness (QED) is 0.619. The Kier molecular flexibility index (Phi) is 8.09. The lowest BCUT2D eigenvalue weighted by atomic mass is 10.1. The van der Waals surface area contributed by atoms with Crippen molar-refractivity contribution in [1.82, 2.24) is 4.90 Å². The van der Waals surface area contributed by atoms with E-state index in [0.717, 1.165) is 24.3 Å². The fraction of sp³-hybridized carbons (Fsp3) is 0.391. The molecule has 0 aromatic heterocycles. The van der Waals surface area contributed by atoms with Crippen LogP contribution >= 0.6 is 0 Å². The first-order valence-electron chi connectivity index (χ1n) is 10.4. The van der Waals surface area contributed by atoms with Crippen molar-refractivity contribution in [3.05, 3.63) is 54.1 Å². The zero-order chi connectivity index (χ0) is 21.2. The molecular formula is C23H29N3O4. The molecule has 1 aliphatic heterocycles. The van der Waals surface area contributed by atoms with Crippen LogP contribution in [-0.2, 0) is 9.53 Å². The highest BCUT2D eigenvalue weighted by atomic mass is 16.5. The summed E-state index contributed by atoms with van der Waals surface area (Å²) in [5.41, 5.74) is 1.99. The Morgan fingerprint density at radius 2 is 1.83 bits per heavy atom. The number of ether oxygens (including phenoxy) is 2. The standard InChI is InChI=1S/C23H29N3O4/c1-2-3-13-30-21-9-7-19(8-10-21)24-17-22(27)25-20-6-4-5-18(16-20)23(28)26-11-14-29-15-12-26/h4-10,16,24H,2-3,11-15,17H2,1H3,(H,25,27). The fourth-order valence-electron chi connectivity index (χ4n) is 3.07. The largest absolute Gasteiger partial charge is 0.494 e. The number of nitrogens with zero attached hydrogens (tertiary/aromatic N) is 1. The van der Waals surface area contributed by atoms with Gasteiger partial charge in [-0.15, -0.1) is 0 Å². The van der Waals surface area contributed by atoms with Crippen LogP contribution in [0.25, 0.3) is 0 Å². The van der Waals surface area contributed by atoms with Crippen molar-refractivity contribution in [2.45, 2.75) is 19.8 Å². The summed E-state index contributed by atoms with van der Waals surface area (Å²) in [7, 11) is 0. The number of hydrogen-bond acceptors (Lipinski definition) is 5. The van der Waals surface area contributed by atoms with Gasteiger partial charge in [-0.25, -0.2) is 0 Å². The summed E-state index contributed by atoms with van der Waals surface area (Å²) in [6.45, 7) is 5.24. The van der Waals surface area contributed by atoms with E-state index in [0.29, 0.717) is 44.2 Å². The number of carbonyl (C=O) groups is 2. The van der Waals surface area contributed by atoms with Gasteiger partial charge in [0, 0.05) is 30.0 Å². The molecule has 0 atom stereocenters. The summed E-state index contributed by atoms with van der Waals surface area (Å²) >= 11 is 0. The summed E-state index contributed by atoms with van der Waals surface area (Å²) in [4.78, 5) is 26.7. The molecule has 0 radical (unpaired) electrons. The number of unbranched alkanes of at least 4 members (excludes halogenated alkanes) is 1. The van der Waals surface area contributed by atoms with Crippen LogP contribution in [-0.4, -0.2) is 56.2 Å². The minimum absolute atomic E-state index is 0.0474. The maximum Gasteiger partial charge on any atom is 0.254 e. The number of nitrogens with one attached hydrogen (secondary N) is 2. The van der Waals surface area contributed by atoms with E-state index in [9.17, 15) is 9.59 Å². The lowest BCUT2D eigenvalue weighted by Crippen LogP contribution is -2.40. The van der Waals surface area contributed by atoms with E-state index < -0.39 is 0 Å². The van der Waals surface area contributed by atoms with Gasteiger partial charge >= 0.3 is 0 Å². The third-order valence-electron chi connectivity index (χ3n) is 4.77. The van der Waals surface area contributed by atoms with Crippen molar-refractivity contribution >= 4 is 23.2 Å². The highest BCUT2D eigenvalue weighted by molar-refractivity contribution is 5.98. The van der Waals surface area contributed by atoms with Crippen molar-refractivity contribution in [3.8, 4) is 5.75 Å². The average molecular weight is 412 g/mol. The van der Waals surface area contributed by atoms with Crippen LogP contribution < -0.4 is 15.4 Å². The molecule has 160 valence electrons. The lowest BCUT2D eigenvalue weighted by molar-refractivity contribution is -0.114.